The number of carbonyl (C=O) groups is 2. The molecule has 3 atom stereocenters. The zero-order valence-electron chi connectivity index (χ0n) is 16.8. The van der Waals surface area contributed by atoms with Crippen molar-refractivity contribution in [2.75, 3.05) is 19.0 Å². The number of rotatable bonds is 8. The molecule has 29 heavy (non-hydrogen) atoms. The van der Waals surface area contributed by atoms with Gasteiger partial charge in [-0.3, -0.25) is 9.59 Å². The summed E-state index contributed by atoms with van der Waals surface area (Å²) in [4.78, 5) is 27.4. The fraction of sp³-hybridized carbons (Fsp3) is 0.478. The SMILES string of the molecule is COc1ccccc1NC(=O)CN(Cc1ccco1)C(=O)C[C@@H]1C[C@@H]2CC[C@@H]1C2. The van der Waals surface area contributed by atoms with Crippen LogP contribution >= 0.6 is 0 Å². The molecule has 0 saturated heterocycles. The van der Waals surface area contributed by atoms with E-state index in [0.717, 1.165) is 12.3 Å². The van der Waals surface area contributed by atoms with Gasteiger partial charge in [0.2, 0.25) is 11.8 Å². The second-order valence-corrected chi connectivity index (χ2v) is 8.22. The zero-order valence-corrected chi connectivity index (χ0v) is 16.8. The highest BCUT2D eigenvalue weighted by Crippen LogP contribution is 2.49. The van der Waals surface area contributed by atoms with Crippen LogP contribution in [0.2, 0.25) is 0 Å². The summed E-state index contributed by atoms with van der Waals surface area (Å²) >= 11 is 0. The average Bonchev–Trinajstić information content (AvgIpc) is 3.46. The van der Waals surface area contributed by atoms with Crippen LogP contribution in [0.5, 0.6) is 5.75 Å². The van der Waals surface area contributed by atoms with Crippen LogP contribution < -0.4 is 10.1 Å². The summed E-state index contributed by atoms with van der Waals surface area (Å²) in [6, 6.07) is 10.9. The molecule has 1 aromatic heterocycles. The molecule has 1 N–H and O–H groups in total. The third kappa shape index (κ3) is 4.63. The first-order valence-electron chi connectivity index (χ1n) is 10.4. The van der Waals surface area contributed by atoms with Crippen LogP contribution in [0.3, 0.4) is 0 Å². The van der Waals surface area contributed by atoms with Crippen molar-refractivity contribution in [1.29, 1.82) is 0 Å². The maximum Gasteiger partial charge on any atom is 0.244 e. The number of ether oxygens (including phenoxy) is 1. The number of furan rings is 1. The van der Waals surface area contributed by atoms with Crippen molar-refractivity contribution in [2.24, 2.45) is 17.8 Å². The first kappa shape index (κ1) is 19.6. The van der Waals surface area contributed by atoms with Crippen molar-refractivity contribution in [3.63, 3.8) is 0 Å². The molecule has 0 radical (unpaired) electrons. The van der Waals surface area contributed by atoms with E-state index < -0.39 is 0 Å². The fourth-order valence-electron chi connectivity index (χ4n) is 4.91. The molecule has 6 heteroatoms. The Morgan fingerprint density at radius 2 is 2.03 bits per heavy atom. The van der Waals surface area contributed by atoms with Gasteiger partial charge in [0, 0.05) is 6.42 Å². The van der Waals surface area contributed by atoms with Gasteiger partial charge in [-0.2, -0.15) is 0 Å². The van der Waals surface area contributed by atoms with E-state index in [0.29, 0.717) is 42.0 Å². The van der Waals surface area contributed by atoms with E-state index in [2.05, 4.69) is 5.32 Å². The summed E-state index contributed by atoms with van der Waals surface area (Å²) in [5.74, 6) is 2.97. The van der Waals surface area contributed by atoms with E-state index in [-0.39, 0.29) is 18.4 Å². The third-order valence-electron chi connectivity index (χ3n) is 6.32. The normalized spacial score (nSPS) is 22.4. The van der Waals surface area contributed by atoms with Crippen molar-refractivity contribution in [3.8, 4) is 5.75 Å². The third-order valence-corrected chi connectivity index (χ3v) is 6.32. The van der Waals surface area contributed by atoms with Gasteiger partial charge >= 0.3 is 0 Å². The van der Waals surface area contributed by atoms with Gasteiger partial charge in [0.1, 0.15) is 18.1 Å². The highest BCUT2D eigenvalue weighted by molar-refractivity contribution is 5.95. The lowest BCUT2D eigenvalue weighted by molar-refractivity contribution is -0.136. The summed E-state index contributed by atoms with van der Waals surface area (Å²) < 4.78 is 10.7. The molecule has 0 aliphatic heterocycles. The average molecular weight is 396 g/mol. The fourth-order valence-corrected chi connectivity index (χ4v) is 4.91. The minimum absolute atomic E-state index is 0.0155. The lowest BCUT2D eigenvalue weighted by atomic mass is 9.86. The molecule has 2 aliphatic carbocycles. The van der Waals surface area contributed by atoms with Crippen LogP contribution in [-0.2, 0) is 16.1 Å². The molecule has 4 rings (SSSR count). The van der Waals surface area contributed by atoms with Crippen LogP contribution in [0, 0.1) is 17.8 Å². The first-order valence-corrected chi connectivity index (χ1v) is 10.4. The second-order valence-electron chi connectivity index (χ2n) is 8.22. The van der Waals surface area contributed by atoms with Gasteiger partial charge in [-0.1, -0.05) is 18.6 Å². The molecule has 0 spiro atoms. The van der Waals surface area contributed by atoms with E-state index in [1.54, 1.807) is 36.5 Å². The van der Waals surface area contributed by atoms with Gasteiger partial charge in [-0.15, -0.1) is 0 Å². The van der Waals surface area contributed by atoms with Crippen molar-refractivity contribution >= 4 is 17.5 Å². The van der Waals surface area contributed by atoms with Crippen molar-refractivity contribution < 1.29 is 18.7 Å². The topological polar surface area (TPSA) is 71.8 Å². The molecular formula is C23H28N2O4. The Kier molecular flexibility index (Phi) is 5.88. The number of hydrogen-bond donors (Lipinski definition) is 1. The number of amides is 2. The van der Waals surface area contributed by atoms with Gasteiger partial charge in [0.25, 0.3) is 0 Å². The number of nitrogens with one attached hydrogen (secondary N) is 1. The molecule has 6 nitrogen and oxygen atoms in total. The van der Waals surface area contributed by atoms with Crippen molar-refractivity contribution in [2.45, 2.75) is 38.6 Å². The summed E-state index contributed by atoms with van der Waals surface area (Å²) in [7, 11) is 1.56. The van der Waals surface area contributed by atoms with Crippen LogP contribution in [0.15, 0.2) is 47.1 Å². The van der Waals surface area contributed by atoms with E-state index in [1.807, 2.05) is 18.2 Å². The van der Waals surface area contributed by atoms with E-state index in [9.17, 15) is 9.59 Å². The molecule has 2 fully saturated rings. The van der Waals surface area contributed by atoms with Gasteiger partial charge < -0.3 is 19.4 Å². The van der Waals surface area contributed by atoms with Gasteiger partial charge in [0.15, 0.2) is 0 Å². The molecule has 154 valence electrons. The number of para-hydroxylation sites is 2. The Balaban J connectivity index is 1.42. The Hall–Kier alpha value is -2.76. The number of fused-ring (bicyclic) bond motifs is 2. The summed E-state index contributed by atoms with van der Waals surface area (Å²) in [6.07, 6.45) is 7.08. The summed E-state index contributed by atoms with van der Waals surface area (Å²) in [6.45, 7) is 0.282. The Morgan fingerprint density at radius 3 is 2.72 bits per heavy atom. The van der Waals surface area contributed by atoms with E-state index >= 15 is 0 Å². The highest BCUT2D eigenvalue weighted by Gasteiger charge is 2.40. The maximum absolute atomic E-state index is 13.1. The smallest absolute Gasteiger partial charge is 0.244 e. The molecule has 2 aromatic rings. The number of nitrogens with zero attached hydrogens (tertiary/aromatic N) is 1. The molecule has 2 aliphatic rings. The lowest BCUT2D eigenvalue weighted by Gasteiger charge is -2.26. The molecule has 1 heterocycles. The van der Waals surface area contributed by atoms with Crippen molar-refractivity contribution in [1.82, 2.24) is 4.90 Å². The van der Waals surface area contributed by atoms with E-state index in [4.69, 9.17) is 9.15 Å². The van der Waals surface area contributed by atoms with Gasteiger partial charge in [-0.25, -0.2) is 0 Å². The summed E-state index contributed by atoms with van der Waals surface area (Å²) in [5.41, 5.74) is 0.596. The Bertz CT molecular complexity index is 848. The van der Waals surface area contributed by atoms with Crippen LogP contribution in [0.1, 0.15) is 37.9 Å². The second kappa shape index (κ2) is 8.72. The predicted molar refractivity (Wildman–Crippen MR) is 109 cm³/mol. The van der Waals surface area contributed by atoms with Gasteiger partial charge in [0.05, 0.1) is 25.6 Å². The summed E-state index contributed by atoms with van der Waals surface area (Å²) in [5, 5.41) is 2.86. The first-order chi connectivity index (χ1) is 14.1. The highest BCUT2D eigenvalue weighted by atomic mass is 16.5. The lowest BCUT2D eigenvalue weighted by Crippen LogP contribution is -2.38. The van der Waals surface area contributed by atoms with E-state index in [1.165, 1.54) is 19.3 Å². The van der Waals surface area contributed by atoms with Crippen LogP contribution in [0.4, 0.5) is 5.69 Å². The molecule has 2 saturated carbocycles. The predicted octanol–water partition coefficient (Wildman–Crippen LogP) is 4.08. The molecule has 1 aromatic carbocycles. The van der Waals surface area contributed by atoms with Crippen LogP contribution in [-0.4, -0.2) is 30.4 Å². The number of carbonyl (C=O) groups excluding carboxylic acids is 2. The maximum atomic E-state index is 13.1. The molecule has 2 bridgehead atoms. The number of benzene rings is 1. The monoisotopic (exact) mass is 396 g/mol. The molecule has 2 amide bonds. The number of methoxy groups -OCH3 is 1. The van der Waals surface area contributed by atoms with Gasteiger partial charge in [-0.05, 0) is 61.3 Å². The number of anilines is 1. The molecular weight excluding hydrogens is 368 g/mol. The quantitative estimate of drug-likeness (QED) is 0.730. The largest absolute Gasteiger partial charge is 0.495 e. The minimum Gasteiger partial charge on any atom is -0.495 e. The Morgan fingerprint density at radius 1 is 1.17 bits per heavy atom. The zero-order chi connectivity index (χ0) is 20.2. The van der Waals surface area contributed by atoms with Crippen molar-refractivity contribution in [3.05, 3.63) is 48.4 Å². The standard InChI is InChI=1S/C23H28N2O4/c1-28-21-7-3-2-6-20(21)24-22(26)15-25(14-19-5-4-10-29-19)23(27)13-18-12-16-8-9-17(18)11-16/h2-7,10,16-18H,8-9,11-15H2,1H3,(H,24,26)/t16-,17-,18+/m1/s1. The minimum atomic E-state index is -0.248. The number of hydrogen-bond acceptors (Lipinski definition) is 4. The van der Waals surface area contributed by atoms with Crippen LogP contribution in [0.25, 0.3) is 0 Å². The Labute approximate surface area is 171 Å². The molecule has 0 unspecified atom stereocenters.